The number of likely N-dealkylation sites (tertiary alicyclic amines) is 1. The van der Waals surface area contributed by atoms with Crippen molar-refractivity contribution in [3.05, 3.63) is 94.9 Å². The molecule has 3 heterocycles. The lowest BCUT2D eigenvalue weighted by molar-refractivity contribution is -0.137. The molecule has 2 aromatic carbocycles. The highest BCUT2D eigenvalue weighted by molar-refractivity contribution is 5.94. The summed E-state index contributed by atoms with van der Waals surface area (Å²) in [5.74, 6) is -0.194. The molecule has 0 saturated carbocycles. The summed E-state index contributed by atoms with van der Waals surface area (Å²) in [6.07, 6.45) is -0.253. The summed E-state index contributed by atoms with van der Waals surface area (Å²) >= 11 is 0. The molecule has 0 radical (unpaired) electrons. The summed E-state index contributed by atoms with van der Waals surface area (Å²) in [7, 11) is 0. The number of carbonyl (C=O) groups is 2. The van der Waals surface area contributed by atoms with Crippen LogP contribution < -0.4 is 5.32 Å². The molecule has 200 valence electrons. The maximum atomic E-state index is 12.8. The van der Waals surface area contributed by atoms with Gasteiger partial charge >= 0.3 is 12.3 Å². The zero-order valence-corrected chi connectivity index (χ0v) is 20.7. The van der Waals surface area contributed by atoms with E-state index in [0.29, 0.717) is 57.7 Å². The number of carbonyl (C=O) groups excluding carboxylic acids is 2. The highest BCUT2D eigenvalue weighted by atomic mass is 19.4. The number of benzene rings is 2. The van der Waals surface area contributed by atoms with Gasteiger partial charge in [-0.25, -0.2) is 4.79 Å². The maximum Gasteiger partial charge on any atom is 0.416 e. The van der Waals surface area contributed by atoms with Crippen molar-refractivity contribution >= 4 is 12.0 Å². The molecule has 3 aromatic rings. The molecule has 0 unspecified atom stereocenters. The van der Waals surface area contributed by atoms with Gasteiger partial charge in [0.2, 0.25) is 0 Å². The molecule has 1 aromatic heterocycles. The standard InChI is InChI=1S/C28H28F3N3O4/c29-28(30,31)24-7-3-20(4-8-24)16-33-12-10-27(11-13-33)19-34(26(36)38-27)17-21-1-5-23(6-2-21)25(35)32-15-22-9-14-37-18-22/h1-9,14,18H,10-13,15-17,19H2,(H,32,35). The topological polar surface area (TPSA) is 75.0 Å². The molecule has 1 spiro atoms. The molecular formula is C28H28F3N3O4. The Morgan fingerprint density at radius 2 is 1.58 bits per heavy atom. The average Bonchev–Trinajstić information content (AvgIpc) is 3.52. The monoisotopic (exact) mass is 527 g/mol. The molecule has 7 nitrogen and oxygen atoms in total. The van der Waals surface area contributed by atoms with E-state index in [1.54, 1.807) is 35.6 Å². The summed E-state index contributed by atoms with van der Waals surface area (Å²) < 4.78 is 49.2. The number of ether oxygens (including phenoxy) is 1. The molecule has 2 aliphatic heterocycles. The Kier molecular flexibility index (Phi) is 7.16. The van der Waals surface area contributed by atoms with Crippen LogP contribution in [0.2, 0.25) is 0 Å². The second-order valence-corrected chi connectivity index (χ2v) is 9.89. The fraction of sp³-hybridized carbons (Fsp3) is 0.357. The van der Waals surface area contributed by atoms with Crippen LogP contribution in [-0.2, 0) is 30.5 Å². The minimum atomic E-state index is -4.34. The zero-order valence-electron chi connectivity index (χ0n) is 20.7. The molecule has 10 heteroatoms. The number of amides is 2. The molecular weight excluding hydrogens is 499 g/mol. The van der Waals surface area contributed by atoms with Gasteiger partial charge in [-0.3, -0.25) is 14.6 Å². The SMILES string of the molecule is O=C(NCc1ccoc1)c1ccc(CN2CC3(CCN(Cc4ccc(C(F)(F)F)cc4)CC3)OC2=O)cc1. The average molecular weight is 528 g/mol. The highest BCUT2D eigenvalue weighted by Gasteiger charge is 2.46. The van der Waals surface area contributed by atoms with E-state index in [9.17, 15) is 22.8 Å². The minimum Gasteiger partial charge on any atom is -0.472 e. The lowest BCUT2D eigenvalue weighted by Gasteiger charge is -2.37. The lowest BCUT2D eigenvalue weighted by atomic mass is 9.91. The predicted octanol–water partition coefficient (Wildman–Crippen LogP) is 5.22. The van der Waals surface area contributed by atoms with Crippen molar-refractivity contribution in [2.45, 2.75) is 44.3 Å². The van der Waals surface area contributed by atoms with Crippen LogP contribution >= 0.6 is 0 Å². The highest BCUT2D eigenvalue weighted by Crippen LogP contribution is 2.35. The molecule has 0 bridgehead atoms. The molecule has 0 atom stereocenters. The van der Waals surface area contributed by atoms with Gasteiger partial charge in [0.25, 0.3) is 5.91 Å². The molecule has 38 heavy (non-hydrogen) atoms. The van der Waals surface area contributed by atoms with Gasteiger partial charge in [-0.2, -0.15) is 13.2 Å². The van der Waals surface area contributed by atoms with Crippen molar-refractivity contribution in [2.75, 3.05) is 19.6 Å². The lowest BCUT2D eigenvalue weighted by Crippen LogP contribution is -2.46. The number of furan rings is 1. The van der Waals surface area contributed by atoms with Gasteiger partial charge in [0.15, 0.2) is 0 Å². The number of halogens is 3. The van der Waals surface area contributed by atoms with Gasteiger partial charge in [-0.15, -0.1) is 0 Å². The molecule has 2 amide bonds. The van der Waals surface area contributed by atoms with Crippen LogP contribution in [0.5, 0.6) is 0 Å². The van der Waals surface area contributed by atoms with E-state index in [2.05, 4.69) is 10.2 Å². The Balaban J connectivity index is 1.10. The number of alkyl halides is 3. The molecule has 5 rings (SSSR count). The first-order valence-electron chi connectivity index (χ1n) is 12.4. The number of nitrogens with zero attached hydrogens (tertiary/aromatic N) is 2. The van der Waals surface area contributed by atoms with Crippen LogP contribution in [0.3, 0.4) is 0 Å². The molecule has 2 saturated heterocycles. The Morgan fingerprint density at radius 1 is 0.921 bits per heavy atom. The Hall–Kier alpha value is -3.79. The van der Waals surface area contributed by atoms with Crippen LogP contribution in [0.1, 0.15) is 45.5 Å². The van der Waals surface area contributed by atoms with Crippen LogP contribution in [0.25, 0.3) is 0 Å². The van der Waals surface area contributed by atoms with E-state index in [1.165, 1.54) is 12.1 Å². The second-order valence-electron chi connectivity index (χ2n) is 9.89. The van der Waals surface area contributed by atoms with Gasteiger partial charge in [0.05, 0.1) is 24.6 Å². The van der Waals surface area contributed by atoms with Gasteiger partial charge < -0.3 is 14.5 Å². The zero-order chi connectivity index (χ0) is 26.8. The van der Waals surface area contributed by atoms with Gasteiger partial charge in [-0.1, -0.05) is 24.3 Å². The third-order valence-corrected chi connectivity index (χ3v) is 7.12. The summed E-state index contributed by atoms with van der Waals surface area (Å²) in [5.41, 5.74) is 1.91. The fourth-order valence-corrected chi connectivity index (χ4v) is 4.91. The number of piperidine rings is 1. The Bertz CT molecular complexity index is 1250. The first kappa shape index (κ1) is 25.8. The largest absolute Gasteiger partial charge is 0.472 e. The second kappa shape index (κ2) is 10.5. The number of hydrogen-bond donors (Lipinski definition) is 1. The molecule has 2 fully saturated rings. The van der Waals surface area contributed by atoms with Crippen LogP contribution in [0.4, 0.5) is 18.0 Å². The van der Waals surface area contributed by atoms with Crippen molar-refractivity contribution in [1.29, 1.82) is 0 Å². The van der Waals surface area contributed by atoms with Crippen LogP contribution in [0, 0.1) is 0 Å². The first-order valence-corrected chi connectivity index (χ1v) is 12.4. The quantitative estimate of drug-likeness (QED) is 0.456. The summed E-state index contributed by atoms with van der Waals surface area (Å²) in [4.78, 5) is 28.9. The normalized spacial score (nSPS) is 17.6. The predicted molar refractivity (Wildman–Crippen MR) is 132 cm³/mol. The Labute approximate surface area is 218 Å². The maximum absolute atomic E-state index is 12.8. The number of hydrogen-bond acceptors (Lipinski definition) is 5. The van der Waals surface area contributed by atoms with E-state index in [4.69, 9.17) is 9.15 Å². The van der Waals surface area contributed by atoms with E-state index < -0.39 is 17.3 Å². The van der Waals surface area contributed by atoms with Gasteiger partial charge in [-0.05, 0) is 41.5 Å². The van der Waals surface area contributed by atoms with E-state index in [0.717, 1.165) is 28.8 Å². The number of rotatable bonds is 7. The van der Waals surface area contributed by atoms with Crippen molar-refractivity contribution in [1.82, 2.24) is 15.1 Å². The van der Waals surface area contributed by atoms with Crippen LogP contribution in [0.15, 0.2) is 71.5 Å². The molecule has 0 aliphatic carbocycles. The van der Waals surface area contributed by atoms with Crippen molar-refractivity contribution < 1.29 is 31.9 Å². The van der Waals surface area contributed by atoms with Gasteiger partial charge in [0, 0.05) is 56.7 Å². The minimum absolute atomic E-state index is 0.194. The van der Waals surface area contributed by atoms with E-state index in [1.807, 2.05) is 12.1 Å². The van der Waals surface area contributed by atoms with E-state index >= 15 is 0 Å². The summed E-state index contributed by atoms with van der Waals surface area (Å²) in [5, 5.41) is 2.83. The van der Waals surface area contributed by atoms with E-state index in [-0.39, 0.29) is 12.0 Å². The van der Waals surface area contributed by atoms with Gasteiger partial charge in [0.1, 0.15) is 5.60 Å². The molecule has 1 N–H and O–H groups in total. The smallest absolute Gasteiger partial charge is 0.416 e. The summed E-state index contributed by atoms with van der Waals surface area (Å²) in [6, 6.07) is 14.2. The van der Waals surface area contributed by atoms with Crippen molar-refractivity contribution in [2.24, 2.45) is 0 Å². The summed E-state index contributed by atoms with van der Waals surface area (Å²) in [6.45, 7) is 3.16. The Morgan fingerprint density at radius 3 is 2.21 bits per heavy atom. The van der Waals surface area contributed by atoms with Crippen molar-refractivity contribution in [3.8, 4) is 0 Å². The first-order chi connectivity index (χ1) is 18.2. The number of nitrogens with one attached hydrogen (secondary N) is 1. The third kappa shape index (κ3) is 6.02. The van der Waals surface area contributed by atoms with Crippen LogP contribution in [-0.4, -0.2) is 47.0 Å². The van der Waals surface area contributed by atoms with Crippen molar-refractivity contribution in [3.63, 3.8) is 0 Å². The molecule has 2 aliphatic rings. The third-order valence-electron chi connectivity index (χ3n) is 7.12. The fourth-order valence-electron chi connectivity index (χ4n) is 4.91.